The third-order valence-corrected chi connectivity index (χ3v) is 1.97. The Morgan fingerprint density at radius 1 is 1.69 bits per heavy atom. The summed E-state index contributed by atoms with van der Waals surface area (Å²) in [6, 6.07) is 3.71. The summed E-state index contributed by atoms with van der Waals surface area (Å²) in [5.41, 5.74) is 2.36. The fraction of sp³-hybridized carbons (Fsp3) is 0.125. The van der Waals surface area contributed by atoms with Crippen LogP contribution in [-0.2, 0) is 12.8 Å². The summed E-state index contributed by atoms with van der Waals surface area (Å²) in [6.45, 7) is 5.65. The molecule has 0 atom stereocenters. The monoisotopic (exact) mass is 192 g/mol. The summed E-state index contributed by atoms with van der Waals surface area (Å²) in [5, 5.41) is 4.08. The zero-order chi connectivity index (χ0) is 9.42. The molecule has 2 aromatic heterocycles. The minimum absolute atomic E-state index is 0.741. The van der Waals surface area contributed by atoms with Crippen LogP contribution in [0.1, 0.15) is 6.92 Å². The number of rotatable bonds is 1. The lowest BCUT2D eigenvalue weighted by molar-refractivity contribution is -0.538. The molecular weight excluding hydrogens is 184 g/mol. The highest BCUT2D eigenvalue weighted by Crippen LogP contribution is 2.08. The Labute approximate surface area is 81.0 Å². The maximum Gasteiger partial charge on any atom is 0.295 e. The van der Waals surface area contributed by atoms with Crippen LogP contribution in [0.15, 0.2) is 24.9 Å². The van der Waals surface area contributed by atoms with Gasteiger partial charge in [0.2, 0.25) is 0 Å². The van der Waals surface area contributed by atoms with Crippen LogP contribution in [0.2, 0.25) is 0 Å². The average Bonchev–Trinajstić information content (AvgIpc) is 2.45. The van der Waals surface area contributed by atoms with Crippen LogP contribution in [0.4, 0.5) is 0 Å². The predicted molar refractivity (Wildman–Crippen MR) is 51.5 cm³/mol. The van der Waals surface area contributed by atoms with Gasteiger partial charge in [0.1, 0.15) is 5.70 Å². The van der Waals surface area contributed by atoms with Gasteiger partial charge in [0.25, 0.3) is 5.65 Å². The van der Waals surface area contributed by atoms with E-state index in [0.717, 1.165) is 16.9 Å². The summed E-state index contributed by atoms with van der Waals surface area (Å²) in [7, 11) is 0. The molecular formula is C8H8N4S. The Bertz CT molecular complexity index is 474. The Hall–Kier alpha value is -1.49. The van der Waals surface area contributed by atoms with E-state index in [1.54, 1.807) is 10.9 Å². The molecule has 0 bridgehead atoms. The van der Waals surface area contributed by atoms with Crippen LogP contribution in [0, 0.1) is 0 Å². The molecule has 5 heteroatoms. The SMILES string of the molecule is C=C(C)n1n[n+]([S-])c2cccnc21. The van der Waals surface area contributed by atoms with Gasteiger partial charge in [-0.05, 0) is 19.1 Å². The second kappa shape index (κ2) is 2.77. The first-order valence-electron chi connectivity index (χ1n) is 3.79. The molecule has 66 valence electrons. The van der Waals surface area contributed by atoms with E-state index < -0.39 is 0 Å². The molecule has 0 amide bonds. The van der Waals surface area contributed by atoms with Crippen molar-refractivity contribution in [2.75, 3.05) is 0 Å². The Morgan fingerprint density at radius 2 is 2.46 bits per heavy atom. The van der Waals surface area contributed by atoms with Gasteiger partial charge in [-0.3, -0.25) is 0 Å². The largest absolute Gasteiger partial charge is 0.526 e. The Kier molecular flexibility index (Phi) is 1.73. The van der Waals surface area contributed by atoms with Gasteiger partial charge in [-0.2, -0.15) is 0 Å². The number of allylic oxidation sites excluding steroid dienone is 1. The van der Waals surface area contributed by atoms with Crippen molar-refractivity contribution in [2.24, 2.45) is 0 Å². The van der Waals surface area contributed by atoms with Crippen LogP contribution in [0.5, 0.6) is 0 Å². The highest BCUT2D eigenvalue weighted by atomic mass is 32.1. The van der Waals surface area contributed by atoms with Gasteiger partial charge in [0, 0.05) is 6.20 Å². The average molecular weight is 192 g/mol. The van der Waals surface area contributed by atoms with Crippen molar-refractivity contribution in [1.29, 1.82) is 0 Å². The van der Waals surface area contributed by atoms with Crippen molar-refractivity contribution in [3.05, 3.63) is 24.9 Å². The second-order valence-corrected chi connectivity index (χ2v) is 3.10. The molecule has 0 radical (unpaired) electrons. The Morgan fingerprint density at radius 3 is 3.15 bits per heavy atom. The molecule has 4 nitrogen and oxygen atoms in total. The van der Waals surface area contributed by atoms with E-state index in [1.165, 1.54) is 4.09 Å². The minimum atomic E-state index is 0.741. The molecule has 13 heavy (non-hydrogen) atoms. The van der Waals surface area contributed by atoms with Crippen molar-refractivity contribution < 1.29 is 4.09 Å². The van der Waals surface area contributed by atoms with Crippen molar-refractivity contribution >= 4 is 29.7 Å². The first-order valence-corrected chi connectivity index (χ1v) is 4.16. The van der Waals surface area contributed by atoms with Crippen molar-refractivity contribution in [3.63, 3.8) is 0 Å². The van der Waals surface area contributed by atoms with Crippen LogP contribution >= 0.6 is 0 Å². The zero-order valence-corrected chi connectivity index (χ0v) is 7.95. The molecule has 0 unspecified atom stereocenters. The van der Waals surface area contributed by atoms with Crippen molar-refractivity contribution in [1.82, 2.24) is 14.9 Å². The van der Waals surface area contributed by atoms with Crippen LogP contribution < -0.4 is 4.09 Å². The summed E-state index contributed by atoms with van der Waals surface area (Å²) < 4.78 is 3.00. The topological polar surface area (TPSA) is 34.6 Å². The normalized spacial score (nSPS) is 10.5. The fourth-order valence-electron chi connectivity index (χ4n) is 1.13. The summed E-state index contributed by atoms with van der Waals surface area (Å²) in [6.07, 6.45) is 1.71. The summed E-state index contributed by atoms with van der Waals surface area (Å²) >= 11 is 5.00. The fourth-order valence-corrected chi connectivity index (χ4v) is 1.35. The van der Waals surface area contributed by atoms with Crippen molar-refractivity contribution in [3.8, 4) is 0 Å². The van der Waals surface area contributed by atoms with E-state index in [-0.39, 0.29) is 0 Å². The highest BCUT2D eigenvalue weighted by Gasteiger charge is 2.13. The molecule has 0 spiro atoms. The van der Waals surface area contributed by atoms with Gasteiger partial charge in [-0.25, -0.2) is 9.07 Å². The van der Waals surface area contributed by atoms with E-state index >= 15 is 0 Å². The number of fused-ring (bicyclic) bond motifs is 1. The molecule has 0 saturated carbocycles. The van der Waals surface area contributed by atoms with E-state index in [4.69, 9.17) is 12.8 Å². The number of hydrogen-bond donors (Lipinski definition) is 0. The molecule has 0 aromatic carbocycles. The number of hydrogen-bond acceptors (Lipinski definition) is 3. The second-order valence-electron chi connectivity index (χ2n) is 2.76. The molecule has 0 N–H and O–H groups in total. The number of pyridine rings is 1. The molecule has 2 aromatic rings. The van der Waals surface area contributed by atoms with Gasteiger partial charge in [-0.1, -0.05) is 11.3 Å². The first-order chi connectivity index (χ1) is 6.20. The van der Waals surface area contributed by atoms with Gasteiger partial charge in [0.05, 0.1) is 5.21 Å². The molecule has 2 heterocycles. The van der Waals surface area contributed by atoms with Crippen LogP contribution in [0.3, 0.4) is 0 Å². The van der Waals surface area contributed by atoms with E-state index in [1.807, 2.05) is 19.1 Å². The summed E-state index contributed by atoms with van der Waals surface area (Å²) in [5.74, 6) is 0. The minimum Gasteiger partial charge on any atom is -0.526 e. The predicted octanol–water partition coefficient (Wildman–Crippen LogP) is 0.519. The third kappa shape index (κ3) is 1.17. The first kappa shape index (κ1) is 8.12. The molecule has 0 saturated heterocycles. The molecule has 0 aliphatic heterocycles. The van der Waals surface area contributed by atoms with Gasteiger partial charge in [-0.15, -0.1) is 0 Å². The quantitative estimate of drug-likeness (QED) is 0.488. The number of aromatic nitrogens is 4. The molecule has 0 aliphatic carbocycles. The maximum absolute atomic E-state index is 5.00. The van der Waals surface area contributed by atoms with E-state index in [2.05, 4.69) is 16.8 Å². The van der Waals surface area contributed by atoms with E-state index in [0.29, 0.717) is 0 Å². The highest BCUT2D eigenvalue weighted by molar-refractivity contribution is 7.51. The van der Waals surface area contributed by atoms with Crippen LogP contribution in [0.25, 0.3) is 16.9 Å². The molecule has 2 rings (SSSR count). The van der Waals surface area contributed by atoms with Crippen LogP contribution in [-0.4, -0.2) is 14.9 Å². The van der Waals surface area contributed by atoms with Gasteiger partial charge < -0.3 is 12.8 Å². The lowest BCUT2D eigenvalue weighted by Crippen LogP contribution is -2.29. The maximum atomic E-state index is 5.00. The third-order valence-electron chi connectivity index (χ3n) is 1.71. The number of nitrogens with zero attached hydrogens (tertiary/aromatic N) is 4. The zero-order valence-electron chi connectivity index (χ0n) is 7.14. The Balaban J connectivity index is 2.85. The molecule has 0 fully saturated rings. The lowest BCUT2D eigenvalue weighted by Gasteiger charge is -1.89. The van der Waals surface area contributed by atoms with Gasteiger partial charge in [0.15, 0.2) is 5.52 Å². The lowest BCUT2D eigenvalue weighted by atomic mass is 10.4. The smallest absolute Gasteiger partial charge is 0.295 e. The molecule has 0 aliphatic rings. The van der Waals surface area contributed by atoms with E-state index in [9.17, 15) is 0 Å². The summed E-state index contributed by atoms with van der Waals surface area (Å²) in [4.78, 5) is 4.18. The standard InChI is InChI=1S/C8H8N4S/c1-6(2)11-8-7(12(13)10-11)4-3-5-9-8/h3-5H,1H2,2H3. The van der Waals surface area contributed by atoms with Crippen molar-refractivity contribution in [2.45, 2.75) is 6.92 Å². The van der Waals surface area contributed by atoms with Gasteiger partial charge >= 0.3 is 0 Å².